The van der Waals surface area contributed by atoms with E-state index in [0.29, 0.717) is 18.0 Å². The molecule has 0 atom stereocenters. The van der Waals surface area contributed by atoms with Gasteiger partial charge in [0.05, 0.1) is 18.6 Å². The average molecular weight is 416 g/mol. The zero-order valence-corrected chi connectivity index (χ0v) is 17.4. The molecule has 0 bridgehead atoms. The molecule has 2 aromatic rings. The molecule has 7 nitrogen and oxygen atoms in total. The van der Waals surface area contributed by atoms with Crippen molar-refractivity contribution >= 4 is 39.4 Å². The highest BCUT2D eigenvalue weighted by atomic mass is 32.2. The summed E-state index contributed by atoms with van der Waals surface area (Å²) in [5, 5.41) is 2.69. The molecule has 1 amide bonds. The van der Waals surface area contributed by atoms with E-state index in [1.54, 1.807) is 68.5 Å². The van der Waals surface area contributed by atoms with Gasteiger partial charge in [-0.2, -0.15) is 0 Å². The number of para-hydroxylation sites is 1. The fourth-order valence-corrected chi connectivity index (χ4v) is 3.50. The van der Waals surface area contributed by atoms with Gasteiger partial charge in [0.15, 0.2) is 0 Å². The smallest absolute Gasteiger partial charge is 0.330 e. The van der Waals surface area contributed by atoms with Crippen molar-refractivity contribution in [2.75, 3.05) is 29.0 Å². The quantitative estimate of drug-likeness (QED) is 0.528. The molecule has 8 heteroatoms. The Morgan fingerprint density at radius 3 is 2.34 bits per heavy atom. The van der Waals surface area contributed by atoms with Gasteiger partial charge in [-0.3, -0.25) is 9.10 Å². The number of nitrogens with zero attached hydrogens (tertiary/aromatic N) is 1. The maximum Gasteiger partial charge on any atom is 0.330 e. The molecular weight excluding hydrogens is 392 g/mol. The minimum absolute atomic E-state index is 0.307. The van der Waals surface area contributed by atoms with Crippen LogP contribution in [-0.2, 0) is 24.3 Å². The van der Waals surface area contributed by atoms with Gasteiger partial charge in [-0.15, -0.1) is 0 Å². The third-order valence-electron chi connectivity index (χ3n) is 3.96. The molecule has 0 aliphatic rings. The Balaban J connectivity index is 2.07. The first-order chi connectivity index (χ1) is 13.7. The maximum atomic E-state index is 12.4. The second-order valence-electron chi connectivity index (χ2n) is 6.31. The summed E-state index contributed by atoms with van der Waals surface area (Å²) < 4.78 is 30.3. The van der Waals surface area contributed by atoms with Crippen LogP contribution in [0.4, 0.5) is 11.4 Å². The van der Waals surface area contributed by atoms with Crippen LogP contribution in [-0.4, -0.2) is 39.7 Å². The first-order valence-electron chi connectivity index (χ1n) is 8.99. The Morgan fingerprint density at radius 2 is 1.76 bits per heavy atom. The van der Waals surface area contributed by atoms with Gasteiger partial charge >= 0.3 is 5.97 Å². The lowest BCUT2D eigenvalue weighted by molar-refractivity contribution is -0.137. The Morgan fingerprint density at radius 1 is 1.10 bits per heavy atom. The van der Waals surface area contributed by atoms with Crippen LogP contribution in [0, 0.1) is 6.92 Å². The molecule has 0 aliphatic heterocycles. The predicted octanol–water partition coefficient (Wildman–Crippen LogP) is 2.98. The van der Waals surface area contributed by atoms with E-state index < -0.39 is 21.9 Å². The van der Waals surface area contributed by atoms with E-state index in [-0.39, 0.29) is 6.54 Å². The maximum absolute atomic E-state index is 12.4. The lowest BCUT2D eigenvalue weighted by Gasteiger charge is -2.23. The van der Waals surface area contributed by atoms with Gasteiger partial charge in [0.1, 0.15) is 6.54 Å². The minimum Gasteiger partial charge on any atom is -0.463 e. The summed E-state index contributed by atoms with van der Waals surface area (Å²) in [5.41, 5.74) is 2.49. The lowest BCUT2D eigenvalue weighted by atomic mass is 10.2. The summed E-state index contributed by atoms with van der Waals surface area (Å²) in [5.74, 6) is -0.893. The number of amides is 1. The highest BCUT2D eigenvalue weighted by Gasteiger charge is 2.22. The number of nitrogens with one attached hydrogen (secondary N) is 1. The van der Waals surface area contributed by atoms with Crippen molar-refractivity contribution in [2.45, 2.75) is 13.8 Å². The Kier molecular flexibility index (Phi) is 7.55. The van der Waals surface area contributed by atoms with E-state index in [9.17, 15) is 18.0 Å². The van der Waals surface area contributed by atoms with Gasteiger partial charge in [-0.05, 0) is 49.2 Å². The minimum atomic E-state index is -3.64. The molecule has 2 rings (SSSR count). The van der Waals surface area contributed by atoms with Crippen molar-refractivity contribution in [2.24, 2.45) is 0 Å². The fourth-order valence-electron chi connectivity index (χ4n) is 2.59. The normalized spacial score (nSPS) is 11.3. The van der Waals surface area contributed by atoms with Crippen LogP contribution in [0.2, 0.25) is 0 Å². The van der Waals surface area contributed by atoms with Crippen LogP contribution in [0.5, 0.6) is 0 Å². The topological polar surface area (TPSA) is 92.8 Å². The Labute approximate surface area is 171 Å². The number of rotatable bonds is 8. The number of ether oxygens (including phenoxy) is 1. The molecule has 0 unspecified atom stereocenters. The van der Waals surface area contributed by atoms with Crippen LogP contribution < -0.4 is 9.62 Å². The highest BCUT2D eigenvalue weighted by molar-refractivity contribution is 7.92. The van der Waals surface area contributed by atoms with Gasteiger partial charge in [0, 0.05) is 11.8 Å². The standard InChI is InChI=1S/C21H24N2O5S/c1-4-28-21(25)14-11-17-9-12-18(13-10-17)22-20(24)15-23(29(3,26)27)19-8-6-5-7-16(19)2/h5-14H,4,15H2,1-3H3,(H,22,24). The van der Waals surface area contributed by atoms with Crippen LogP contribution >= 0.6 is 0 Å². The van der Waals surface area contributed by atoms with Gasteiger partial charge in [0.2, 0.25) is 15.9 Å². The van der Waals surface area contributed by atoms with E-state index in [4.69, 9.17) is 4.74 Å². The summed E-state index contributed by atoms with van der Waals surface area (Å²) in [6, 6.07) is 13.8. The molecule has 0 fully saturated rings. The van der Waals surface area contributed by atoms with Crippen LogP contribution in [0.25, 0.3) is 6.08 Å². The van der Waals surface area contributed by atoms with E-state index in [0.717, 1.165) is 21.7 Å². The monoisotopic (exact) mass is 416 g/mol. The molecule has 0 aliphatic carbocycles. The summed E-state index contributed by atoms with van der Waals surface area (Å²) in [6.07, 6.45) is 3.99. The van der Waals surface area contributed by atoms with E-state index >= 15 is 0 Å². The van der Waals surface area contributed by atoms with E-state index in [1.165, 1.54) is 6.08 Å². The van der Waals surface area contributed by atoms with Crippen molar-refractivity contribution < 1.29 is 22.7 Å². The Bertz CT molecular complexity index is 998. The Hall–Kier alpha value is -3.13. The van der Waals surface area contributed by atoms with Gasteiger partial charge in [-0.25, -0.2) is 13.2 Å². The van der Waals surface area contributed by atoms with Crippen molar-refractivity contribution in [1.82, 2.24) is 0 Å². The van der Waals surface area contributed by atoms with Crippen LogP contribution in [0.15, 0.2) is 54.6 Å². The predicted molar refractivity (Wildman–Crippen MR) is 114 cm³/mol. The largest absolute Gasteiger partial charge is 0.463 e. The summed E-state index contributed by atoms with van der Waals surface area (Å²) in [4.78, 5) is 23.8. The molecular formula is C21H24N2O5S. The fraction of sp³-hybridized carbons (Fsp3) is 0.238. The molecule has 0 saturated carbocycles. The molecule has 0 radical (unpaired) electrons. The molecule has 2 aromatic carbocycles. The second kappa shape index (κ2) is 9.88. The van der Waals surface area contributed by atoms with Crippen molar-refractivity contribution in [3.05, 3.63) is 65.7 Å². The summed E-state index contributed by atoms with van der Waals surface area (Å²) >= 11 is 0. The molecule has 0 saturated heterocycles. The molecule has 0 spiro atoms. The molecule has 29 heavy (non-hydrogen) atoms. The highest BCUT2D eigenvalue weighted by Crippen LogP contribution is 2.22. The number of benzene rings is 2. The van der Waals surface area contributed by atoms with Gasteiger partial charge in [0.25, 0.3) is 0 Å². The molecule has 154 valence electrons. The number of sulfonamides is 1. The number of carbonyl (C=O) groups is 2. The molecule has 0 heterocycles. The summed E-state index contributed by atoms with van der Waals surface area (Å²) in [7, 11) is -3.64. The zero-order valence-electron chi connectivity index (χ0n) is 16.6. The van der Waals surface area contributed by atoms with E-state index in [2.05, 4.69) is 5.32 Å². The van der Waals surface area contributed by atoms with Crippen LogP contribution in [0.3, 0.4) is 0 Å². The van der Waals surface area contributed by atoms with Gasteiger partial charge in [-0.1, -0.05) is 30.3 Å². The van der Waals surface area contributed by atoms with Gasteiger partial charge < -0.3 is 10.1 Å². The number of hydrogen-bond acceptors (Lipinski definition) is 5. The number of esters is 1. The zero-order chi connectivity index (χ0) is 21.4. The SMILES string of the molecule is CCOC(=O)C=Cc1ccc(NC(=O)CN(c2ccccc2C)S(C)(=O)=O)cc1. The number of anilines is 2. The number of carbonyl (C=O) groups excluding carboxylic acids is 2. The van der Waals surface area contributed by atoms with Crippen molar-refractivity contribution in [1.29, 1.82) is 0 Å². The van der Waals surface area contributed by atoms with Crippen molar-refractivity contribution in [3.8, 4) is 0 Å². The lowest BCUT2D eigenvalue weighted by Crippen LogP contribution is -2.37. The number of hydrogen-bond donors (Lipinski definition) is 1. The first-order valence-corrected chi connectivity index (χ1v) is 10.8. The third-order valence-corrected chi connectivity index (χ3v) is 5.09. The number of aryl methyl sites for hydroxylation is 1. The third kappa shape index (κ3) is 6.76. The van der Waals surface area contributed by atoms with Crippen LogP contribution in [0.1, 0.15) is 18.1 Å². The van der Waals surface area contributed by atoms with Crippen molar-refractivity contribution in [3.63, 3.8) is 0 Å². The second-order valence-corrected chi connectivity index (χ2v) is 8.22. The van der Waals surface area contributed by atoms with E-state index in [1.807, 2.05) is 0 Å². The average Bonchev–Trinajstić information content (AvgIpc) is 2.66. The molecule has 0 aromatic heterocycles. The first kappa shape index (κ1) is 22.2. The summed E-state index contributed by atoms with van der Waals surface area (Å²) in [6.45, 7) is 3.48. The molecule has 1 N–H and O–H groups in total.